The molecule has 0 aromatic heterocycles. The van der Waals surface area contributed by atoms with E-state index in [9.17, 15) is 9.59 Å². The SMILES string of the molecule is CC.CCOC(=O)C1=C(C(C)=O)C2CC2C1. The molecule has 0 saturated heterocycles. The zero-order valence-corrected chi connectivity index (χ0v) is 10.5. The van der Waals surface area contributed by atoms with Gasteiger partial charge in [-0.3, -0.25) is 4.79 Å². The molecule has 1 fully saturated rings. The van der Waals surface area contributed by atoms with Gasteiger partial charge in [-0.05, 0) is 38.5 Å². The van der Waals surface area contributed by atoms with Gasteiger partial charge in [0.05, 0.1) is 6.61 Å². The summed E-state index contributed by atoms with van der Waals surface area (Å²) in [6.45, 7) is 7.69. The molecule has 0 amide bonds. The van der Waals surface area contributed by atoms with Crippen LogP contribution in [-0.2, 0) is 14.3 Å². The zero-order chi connectivity index (χ0) is 12.3. The molecule has 2 rings (SSSR count). The van der Waals surface area contributed by atoms with Gasteiger partial charge in [0.15, 0.2) is 5.78 Å². The second-order valence-electron chi connectivity index (χ2n) is 3.98. The number of hydrogen-bond acceptors (Lipinski definition) is 3. The molecule has 0 spiro atoms. The molecule has 2 aliphatic rings. The van der Waals surface area contributed by atoms with Crippen LogP contribution in [0.2, 0.25) is 0 Å². The molecule has 0 aromatic carbocycles. The summed E-state index contributed by atoms with van der Waals surface area (Å²) in [4.78, 5) is 22.8. The third-order valence-electron chi connectivity index (χ3n) is 2.99. The van der Waals surface area contributed by atoms with Crippen molar-refractivity contribution in [3.05, 3.63) is 11.1 Å². The first kappa shape index (κ1) is 12.9. The first-order chi connectivity index (χ1) is 7.65. The molecule has 2 aliphatic carbocycles. The minimum Gasteiger partial charge on any atom is -0.463 e. The maximum Gasteiger partial charge on any atom is 0.334 e. The molecule has 3 heteroatoms. The number of ether oxygens (including phenoxy) is 1. The van der Waals surface area contributed by atoms with E-state index in [0.717, 1.165) is 18.4 Å². The number of carbonyl (C=O) groups excluding carboxylic acids is 2. The van der Waals surface area contributed by atoms with Gasteiger partial charge in [0, 0.05) is 11.1 Å². The van der Waals surface area contributed by atoms with Gasteiger partial charge in [0.1, 0.15) is 0 Å². The van der Waals surface area contributed by atoms with Crippen LogP contribution in [0.15, 0.2) is 11.1 Å². The van der Waals surface area contributed by atoms with Crippen molar-refractivity contribution in [2.45, 2.75) is 40.5 Å². The molecule has 0 aliphatic heterocycles. The van der Waals surface area contributed by atoms with Crippen molar-refractivity contribution in [2.75, 3.05) is 6.61 Å². The number of allylic oxidation sites excluding steroid dienone is 1. The van der Waals surface area contributed by atoms with E-state index in [2.05, 4.69) is 0 Å². The van der Waals surface area contributed by atoms with Gasteiger partial charge in [-0.2, -0.15) is 0 Å². The van der Waals surface area contributed by atoms with Gasteiger partial charge in [0.2, 0.25) is 0 Å². The molecular weight excluding hydrogens is 204 g/mol. The van der Waals surface area contributed by atoms with Crippen LogP contribution in [0.5, 0.6) is 0 Å². The normalized spacial score (nSPS) is 25.5. The Kier molecular flexibility index (Phi) is 4.27. The summed E-state index contributed by atoms with van der Waals surface area (Å²) in [5.74, 6) is 0.670. The predicted octanol–water partition coefficient (Wildman–Crippen LogP) is 2.50. The number of ketones is 1. The Bertz CT molecular complexity index is 328. The standard InChI is InChI=1S/C11H14O3.C2H6/c1-3-14-11(13)9-5-7-4-8(7)10(9)6(2)12;1-2/h7-8H,3-5H2,1-2H3;1-2H3. The molecule has 2 unspecified atom stereocenters. The van der Waals surface area contributed by atoms with E-state index >= 15 is 0 Å². The Morgan fingerprint density at radius 1 is 1.38 bits per heavy atom. The van der Waals surface area contributed by atoms with Crippen LogP contribution in [-0.4, -0.2) is 18.4 Å². The quantitative estimate of drug-likeness (QED) is 0.692. The Labute approximate surface area is 96.9 Å². The maximum absolute atomic E-state index is 11.5. The molecule has 1 saturated carbocycles. The topological polar surface area (TPSA) is 43.4 Å². The summed E-state index contributed by atoms with van der Waals surface area (Å²) in [6.07, 6.45) is 1.83. The van der Waals surface area contributed by atoms with E-state index < -0.39 is 0 Å². The van der Waals surface area contributed by atoms with Crippen LogP contribution in [0, 0.1) is 11.8 Å². The number of esters is 1. The Balaban J connectivity index is 0.000000606. The van der Waals surface area contributed by atoms with Gasteiger partial charge in [0.25, 0.3) is 0 Å². The van der Waals surface area contributed by atoms with Crippen molar-refractivity contribution < 1.29 is 14.3 Å². The minimum atomic E-state index is -0.287. The molecule has 0 radical (unpaired) electrons. The average molecular weight is 224 g/mol. The fourth-order valence-electron chi connectivity index (χ4n) is 2.31. The lowest BCUT2D eigenvalue weighted by molar-refractivity contribution is -0.139. The molecule has 16 heavy (non-hydrogen) atoms. The van der Waals surface area contributed by atoms with Gasteiger partial charge in [-0.15, -0.1) is 0 Å². The smallest absolute Gasteiger partial charge is 0.334 e. The highest BCUT2D eigenvalue weighted by Crippen LogP contribution is 2.55. The molecule has 2 atom stereocenters. The summed E-state index contributed by atoms with van der Waals surface area (Å²) in [6, 6.07) is 0. The van der Waals surface area contributed by atoms with Crippen LogP contribution < -0.4 is 0 Å². The van der Waals surface area contributed by atoms with Crippen molar-refractivity contribution in [3.63, 3.8) is 0 Å². The van der Waals surface area contributed by atoms with Gasteiger partial charge >= 0.3 is 5.97 Å². The van der Waals surface area contributed by atoms with E-state index in [-0.39, 0.29) is 11.8 Å². The lowest BCUT2D eigenvalue weighted by atomic mass is 10.0. The van der Waals surface area contributed by atoms with Gasteiger partial charge in [-0.25, -0.2) is 4.79 Å². The Morgan fingerprint density at radius 2 is 2.00 bits per heavy atom. The highest BCUT2D eigenvalue weighted by Gasteiger charge is 2.50. The molecule has 90 valence electrons. The molecule has 0 bridgehead atoms. The highest BCUT2D eigenvalue weighted by atomic mass is 16.5. The monoisotopic (exact) mass is 224 g/mol. The molecule has 3 nitrogen and oxygen atoms in total. The summed E-state index contributed by atoms with van der Waals surface area (Å²) >= 11 is 0. The largest absolute Gasteiger partial charge is 0.463 e. The van der Waals surface area contributed by atoms with Crippen molar-refractivity contribution in [1.29, 1.82) is 0 Å². The number of Topliss-reactive ketones (excluding diaryl/α,β-unsaturated/α-hetero) is 1. The minimum absolute atomic E-state index is 0.0399. The molecule has 0 heterocycles. The van der Waals surface area contributed by atoms with E-state index in [1.165, 1.54) is 6.92 Å². The lowest BCUT2D eigenvalue weighted by Crippen LogP contribution is -2.11. The Morgan fingerprint density at radius 3 is 2.50 bits per heavy atom. The van der Waals surface area contributed by atoms with E-state index in [4.69, 9.17) is 4.74 Å². The molecule has 0 N–H and O–H groups in total. The lowest BCUT2D eigenvalue weighted by Gasteiger charge is -2.06. The fourth-order valence-corrected chi connectivity index (χ4v) is 2.31. The summed E-state index contributed by atoms with van der Waals surface area (Å²) in [5.41, 5.74) is 1.38. The van der Waals surface area contributed by atoms with Gasteiger partial charge in [-0.1, -0.05) is 13.8 Å². The van der Waals surface area contributed by atoms with Crippen LogP contribution in [0.4, 0.5) is 0 Å². The second-order valence-corrected chi connectivity index (χ2v) is 3.98. The maximum atomic E-state index is 11.5. The van der Waals surface area contributed by atoms with Crippen molar-refractivity contribution in [1.82, 2.24) is 0 Å². The van der Waals surface area contributed by atoms with Crippen LogP contribution in [0.1, 0.15) is 40.5 Å². The third-order valence-corrected chi connectivity index (χ3v) is 2.99. The van der Waals surface area contributed by atoms with Crippen LogP contribution in [0.3, 0.4) is 0 Å². The van der Waals surface area contributed by atoms with E-state index in [0.29, 0.717) is 24.0 Å². The fraction of sp³-hybridized carbons (Fsp3) is 0.692. The Hall–Kier alpha value is -1.12. The zero-order valence-electron chi connectivity index (χ0n) is 10.5. The van der Waals surface area contributed by atoms with E-state index in [1.54, 1.807) is 6.92 Å². The molecular formula is C13H20O3. The van der Waals surface area contributed by atoms with Crippen molar-refractivity contribution >= 4 is 11.8 Å². The second kappa shape index (κ2) is 5.28. The predicted molar refractivity (Wildman–Crippen MR) is 61.9 cm³/mol. The third kappa shape index (κ3) is 2.34. The van der Waals surface area contributed by atoms with Gasteiger partial charge < -0.3 is 4.74 Å². The summed E-state index contributed by atoms with van der Waals surface area (Å²) in [7, 11) is 0. The summed E-state index contributed by atoms with van der Waals surface area (Å²) < 4.78 is 4.93. The summed E-state index contributed by atoms with van der Waals surface area (Å²) in [5, 5.41) is 0. The highest BCUT2D eigenvalue weighted by molar-refractivity contribution is 6.04. The number of rotatable bonds is 3. The first-order valence-corrected chi connectivity index (χ1v) is 6.06. The van der Waals surface area contributed by atoms with Crippen LogP contribution >= 0.6 is 0 Å². The van der Waals surface area contributed by atoms with Crippen molar-refractivity contribution in [2.24, 2.45) is 11.8 Å². The number of carbonyl (C=O) groups is 2. The van der Waals surface area contributed by atoms with Crippen molar-refractivity contribution in [3.8, 4) is 0 Å². The number of fused-ring (bicyclic) bond motifs is 1. The number of hydrogen-bond donors (Lipinski definition) is 0. The van der Waals surface area contributed by atoms with Crippen LogP contribution in [0.25, 0.3) is 0 Å². The first-order valence-electron chi connectivity index (χ1n) is 6.06. The van der Waals surface area contributed by atoms with E-state index in [1.807, 2.05) is 13.8 Å². The molecule has 0 aromatic rings. The average Bonchev–Trinajstić information content (AvgIpc) is 2.92.